The van der Waals surface area contributed by atoms with E-state index in [4.69, 9.17) is 5.26 Å². The van der Waals surface area contributed by atoms with Crippen LogP contribution in [-0.2, 0) is 10.0 Å². The Hall–Kier alpha value is -1.42. The Balaban J connectivity index is 2.66. The van der Waals surface area contributed by atoms with Crippen LogP contribution in [0.4, 0.5) is 0 Å². The maximum atomic E-state index is 12.1. The summed E-state index contributed by atoms with van der Waals surface area (Å²) in [5, 5.41) is 8.72. The fourth-order valence-electron chi connectivity index (χ4n) is 2.21. The summed E-state index contributed by atoms with van der Waals surface area (Å²) in [6.07, 6.45) is 0. The minimum Gasteiger partial charge on any atom is -0.297 e. The molecule has 0 spiro atoms. The Bertz CT molecular complexity index is 578. The number of hydrogen-bond donors (Lipinski definition) is 1. The van der Waals surface area contributed by atoms with Crippen molar-refractivity contribution in [3.63, 3.8) is 0 Å². The van der Waals surface area contributed by atoms with E-state index in [1.54, 1.807) is 0 Å². The summed E-state index contributed by atoms with van der Waals surface area (Å²) < 4.78 is 26.9. The Morgan fingerprint density at radius 1 is 1.14 bits per heavy atom. The summed E-state index contributed by atoms with van der Waals surface area (Å²) in [5.41, 5.74) is 0.444. The van der Waals surface area contributed by atoms with Crippen LogP contribution < -0.4 is 4.72 Å². The van der Waals surface area contributed by atoms with Gasteiger partial charge < -0.3 is 0 Å². The van der Waals surface area contributed by atoms with E-state index >= 15 is 0 Å². The standard InChI is InChI=1S/C15H23N3O2S/c1-12(2)18(13(3)4)10-9-17-21(19,20)15-7-5-14(11-16)6-8-15/h5-8,12-13,17H,9-10H2,1-4H3. The molecule has 0 heterocycles. The predicted molar refractivity (Wildman–Crippen MR) is 83.3 cm³/mol. The molecule has 21 heavy (non-hydrogen) atoms. The van der Waals surface area contributed by atoms with Gasteiger partial charge in [0.15, 0.2) is 0 Å². The van der Waals surface area contributed by atoms with Crippen molar-refractivity contribution in [3.8, 4) is 6.07 Å². The lowest BCUT2D eigenvalue weighted by atomic mass is 10.2. The van der Waals surface area contributed by atoms with Gasteiger partial charge in [0.1, 0.15) is 0 Å². The number of nitrogens with zero attached hydrogens (tertiary/aromatic N) is 2. The fourth-order valence-corrected chi connectivity index (χ4v) is 3.23. The molecule has 0 saturated heterocycles. The molecule has 0 aliphatic heterocycles. The molecule has 0 amide bonds. The van der Waals surface area contributed by atoms with E-state index < -0.39 is 10.0 Å². The lowest BCUT2D eigenvalue weighted by Gasteiger charge is -2.30. The number of nitrogens with one attached hydrogen (secondary N) is 1. The van der Waals surface area contributed by atoms with Gasteiger partial charge in [-0.25, -0.2) is 13.1 Å². The number of benzene rings is 1. The number of nitriles is 1. The van der Waals surface area contributed by atoms with E-state index in [1.165, 1.54) is 24.3 Å². The van der Waals surface area contributed by atoms with Crippen LogP contribution in [0.3, 0.4) is 0 Å². The molecule has 0 aliphatic carbocycles. The summed E-state index contributed by atoms with van der Waals surface area (Å²) in [4.78, 5) is 2.41. The Labute approximate surface area is 127 Å². The van der Waals surface area contributed by atoms with Crippen LogP contribution in [0, 0.1) is 11.3 Å². The minimum atomic E-state index is -3.52. The lowest BCUT2D eigenvalue weighted by Crippen LogP contribution is -2.42. The highest BCUT2D eigenvalue weighted by Gasteiger charge is 2.16. The third kappa shape index (κ3) is 5.12. The first-order chi connectivity index (χ1) is 9.77. The summed E-state index contributed by atoms with van der Waals surface area (Å²) >= 11 is 0. The van der Waals surface area contributed by atoms with Gasteiger partial charge in [0.2, 0.25) is 10.0 Å². The van der Waals surface area contributed by atoms with Gasteiger partial charge in [0.25, 0.3) is 0 Å². The predicted octanol–water partition coefficient (Wildman–Crippen LogP) is 1.96. The van der Waals surface area contributed by atoms with Crippen molar-refractivity contribution >= 4 is 10.0 Å². The highest BCUT2D eigenvalue weighted by Crippen LogP contribution is 2.10. The van der Waals surface area contributed by atoms with Crippen LogP contribution in [0.2, 0.25) is 0 Å². The molecule has 0 atom stereocenters. The molecule has 0 aliphatic rings. The highest BCUT2D eigenvalue weighted by molar-refractivity contribution is 7.89. The molecule has 0 bridgehead atoms. The first-order valence-electron chi connectivity index (χ1n) is 7.03. The average molecular weight is 309 g/mol. The Kier molecular flexibility index (Phi) is 6.34. The number of sulfonamides is 1. The van der Waals surface area contributed by atoms with Gasteiger partial charge >= 0.3 is 0 Å². The molecule has 0 unspecified atom stereocenters. The molecule has 0 aromatic heterocycles. The smallest absolute Gasteiger partial charge is 0.240 e. The molecule has 1 aromatic carbocycles. The Morgan fingerprint density at radius 2 is 1.67 bits per heavy atom. The van der Waals surface area contributed by atoms with Gasteiger partial charge in [-0.2, -0.15) is 5.26 Å². The maximum Gasteiger partial charge on any atom is 0.240 e. The number of rotatable bonds is 7. The van der Waals surface area contributed by atoms with Gasteiger partial charge in [0.05, 0.1) is 16.5 Å². The Morgan fingerprint density at radius 3 is 2.10 bits per heavy atom. The lowest BCUT2D eigenvalue weighted by molar-refractivity contribution is 0.179. The molecule has 0 fully saturated rings. The summed E-state index contributed by atoms with van der Waals surface area (Å²) in [6, 6.07) is 8.60. The third-order valence-electron chi connectivity index (χ3n) is 3.28. The van der Waals surface area contributed by atoms with Crippen LogP contribution in [0.5, 0.6) is 0 Å². The van der Waals surface area contributed by atoms with Gasteiger partial charge in [-0.3, -0.25) is 4.90 Å². The molecule has 5 nitrogen and oxygen atoms in total. The van der Waals surface area contributed by atoms with E-state index in [2.05, 4.69) is 37.3 Å². The van der Waals surface area contributed by atoms with Gasteiger partial charge in [-0.15, -0.1) is 0 Å². The molecule has 0 radical (unpaired) electrons. The topological polar surface area (TPSA) is 73.2 Å². The second kappa shape index (κ2) is 7.55. The van der Waals surface area contributed by atoms with Crippen molar-refractivity contribution in [2.45, 2.75) is 44.7 Å². The van der Waals surface area contributed by atoms with Crippen LogP contribution in [0.1, 0.15) is 33.3 Å². The van der Waals surface area contributed by atoms with Crippen molar-refractivity contribution in [1.29, 1.82) is 5.26 Å². The normalized spacial score (nSPS) is 12.1. The van der Waals surface area contributed by atoms with Crippen molar-refractivity contribution in [1.82, 2.24) is 9.62 Å². The van der Waals surface area contributed by atoms with E-state index in [-0.39, 0.29) is 4.90 Å². The fraction of sp³-hybridized carbons (Fsp3) is 0.533. The zero-order valence-electron chi connectivity index (χ0n) is 13.0. The second-order valence-corrected chi connectivity index (χ2v) is 7.23. The zero-order valence-corrected chi connectivity index (χ0v) is 13.8. The quantitative estimate of drug-likeness (QED) is 0.835. The molecule has 1 N–H and O–H groups in total. The van der Waals surface area contributed by atoms with Crippen molar-refractivity contribution in [2.24, 2.45) is 0 Å². The van der Waals surface area contributed by atoms with Crippen LogP contribution in [-0.4, -0.2) is 38.5 Å². The monoisotopic (exact) mass is 309 g/mol. The van der Waals surface area contributed by atoms with Gasteiger partial charge in [-0.1, -0.05) is 0 Å². The van der Waals surface area contributed by atoms with E-state index in [9.17, 15) is 8.42 Å². The first kappa shape index (κ1) is 17.6. The molecule has 6 heteroatoms. The maximum absolute atomic E-state index is 12.1. The number of hydrogen-bond acceptors (Lipinski definition) is 4. The second-order valence-electron chi connectivity index (χ2n) is 5.46. The van der Waals surface area contributed by atoms with Crippen LogP contribution in [0.25, 0.3) is 0 Å². The molecule has 0 saturated carbocycles. The summed E-state index contributed by atoms with van der Waals surface area (Å²) in [5.74, 6) is 0. The molecular weight excluding hydrogens is 286 g/mol. The molecular formula is C15H23N3O2S. The molecule has 1 rings (SSSR count). The summed E-state index contributed by atoms with van der Waals surface area (Å²) in [6.45, 7) is 9.39. The van der Waals surface area contributed by atoms with Gasteiger partial charge in [0, 0.05) is 25.2 Å². The first-order valence-corrected chi connectivity index (χ1v) is 8.52. The van der Waals surface area contributed by atoms with E-state index in [1.807, 2.05) is 6.07 Å². The third-order valence-corrected chi connectivity index (χ3v) is 4.76. The summed E-state index contributed by atoms with van der Waals surface area (Å²) in [7, 11) is -3.52. The minimum absolute atomic E-state index is 0.183. The van der Waals surface area contributed by atoms with Gasteiger partial charge in [-0.05, 0) is 52.0 Å². The SMILES string of the molecule is CC(C)N(CCNS(=O)(=O)c1ccc(C#N)cc1)C(C)C. The van der Waals surface area contributed by atoms with Crippen molar-refractivity contribution in [3.05, 3.63) is 29.8 Å². The molecule has 1 aromatic rings. The van der Waals surface area contributed by atoms with Crippen molar-refractivity contribution < 1.29 is 8.42 Å². The largest absolute Gasteiger partial charge is 0.297 e. The van der Waals surface area contributed by atoms with Crippen LogP contribution in [0.15, 0.2) is 29.2 Å². The molecule has 116 valence electrons. The van der Waals surface area contributed by atoms with Crippen LogP contribution >= 0.6 is 0 Å². The highest BCUT2D eigenvalue weighted by atomic mass is 32.2. The average Bonchev–Trinajstić information content (AvgIpc) is 2.42. The van der Waals surface area contributed by atoms with Crippen molar-refractivity contribution in [2.75, 3.05) is 13.1 Å². The van der Waals surface area contributed by atoms with E-state index in [0.717, 1.165) is 0 Å². The zero-order chi connectivity index (χ0) is 16.0. The van der Waals surface area contributed by atoms with E-state index in [0.29, 0.717) is 30.7 Å².